The van der Waals surface area contributed by atoms with Gasteiger partial charge >= 0.3 is 19.7 Å². The van der Waals surface area contributed by atoms with E-state index in [0.29, 0.717) is 0 Å². The van der Waals surface area contributed by atoms with Gasteiger partial charge in [-0.1, -0.05) is 0 Å². The lowest BCUT2D eigenvalue weighted by molar-refractivity contribution is -0.184. The molecule has 0 rings (SSSR count). The molecule has 0 radical (unpaired) electrons. The van der Waals surface area contributed by atoms with Crippen LogP contribution in [0.2, 0.25) is 0 Å². The predicted octanol–water partition coefficient (Wildman–Crippen LogP) is 2.63. The summed E-state index contributed by atoms with van der Waals surface area (Å²) in [5.74, 6) is -2.47. The van der Waals surface area contributed by atoms with Crippen molar-refractivity contribution in [2.24, 2.45) is 0 Å². The van der Waals surface area contributed by atoms with Crippen LogP contribution in [0.1, 0.15) is 0 Å². The Balaban J connectivity index is 5.08. The Morgan fingerprint density at radius 3 is 1.94 bits per heavy atom. The van der Waals surface area contributed by atoms with Crippen molar-refractivity contribution in [1.29, 1.82) is 0 Å². The molecule has 0 bridgehead atoms. The van der Waals surface area contributed by atoms with E-state index in [-0.39, 0.29) is 4.90 Å². The first kappa shape index (κ1) is 17.9. The average molecular weight is 352 g/mol. The zero-order valence-corrected chi connectivity index (χ0v) is 11.3. The second-order valence-corrected chi connectivity index (χ2v) is 5.78. The summed E-state index contributed by atoms with van der Waals surface area (Å²) in [7, 11) is -4.39. The molecule has 0 heterocycles. The van der Waals surface area contributed by atoms with E-state index in [2.05, 4.69) is 8.15 Å². The summed E-state index contributed by atoms with van der Waals surface area (Å²) in [4.78, 5) is 21.2. The number of hydrogen-bond donors (Lipinski definition) is 0. The van der Waals surface area contributed by atoms with Crippen LogP contribution in [-0.4, -0.2) is 35.1 Å². The first-order valence-electron chi connectivity index (χ1n) is 3.80. The zero-order chi connectivity index (χ0) is 14.6. The van der Waals surface area contributed by atoms with E-state index in [1.807, 2.05) is 0 Å². The first-order chi connectivity index (χ1) is 8.05. The Morgan fingerprint density at radius 2 is 1.67 bits per heavy atom. The molecular weight excluding hydrogens is 348 g/mol. The van der Waals surface area contributed by atoms with Gasteiger partial charge in [-0.15, -0.1) is 0 Å². The lowest BCUT2D eigenvalue weighted by Crippen LogP contribution is -2.43. The number of alkyl halides is 3. The molecule has 1 amide bonds. The van der Waals surface area contributed by atoms with Crippen molar-refractivity contribution in [3.63, 3.8) is 0 Å². The summed E-state index contributed by atoms with van der Waals surface area (Å²) in [6.07, 6.45) is -6.60. The Hall–Kier alpha value is -0.0500. The van der Waals surface area contributed by atoms with Gasteiger partial charge in [0.15, 0.2) is 0 Å². The van der Waals surface area contributed by atoms with Gasteiger partial charge in [-0.3, -0.25) is 14.2 Å². The van der Waals surface area contributed by atoms with Crippen LogP contribution in [0.15, 0.2) is 0 Å². The van der Waals surface area contributed by atoms with Crippen LogP contribution in [-0.2, 0) is 22.3 Å². The molecule has 0 N–H and O–H groups in total. The molecular formula is C5H4Cl3F3NO5P. The molecule has 0 saturated carbocycles. The quantitative estimate of drug-likeness (QED) is 0.543. The highest BCUT2D eigenvalue weighted by Gasteiger charge is 2.45. The predicted molar refractivity (Wildman–Crippen MR) is 55.0 cm³/mol. The lowest BCUT2D eigenvalue weighted by atomic mass is 10.5. The van der Waals surface area contributed by atoms with Crippen molar-refractivity contribution in [3.05, 3.63) is 0 Å². The largest absolute Gasteiger partial charge is 0.471 e. The summed E-state index contributed by atoms with van der Waals surface area (Å²) in [5.41, 5.74) is 0. The van der Waals surface area contributed by atoms with Crippen molar-refractivity contribution >= 4 is 54.1 Å². The smallest absolute Gasteiger partial charge is 0.314 e. The Kier molecular flexibility index (Phi) is 6.91. The average Bonchev–Trinajstić information content (AvgIpc) is 2.25. The topological polar surface area (TPSA) is 72.9 Å². The molecule has 0 aromatic carbocycles. The van der Waals surface area contributed by atoms with Gasteiger partial charge in [0.2, 0.25) is 5.24 Å². The van der Waals surface area contributed by atoms with Gasteiger partial charge < -0.3 is 4.90 Å². The molecule has 0 aliphatic heterocycles. The van der Waals surface area contributed by atoms with Crippen LogP contribution < -0.4 is 0 Å². The zero-order valence-electron chi connectivity index (χ0n) is 8.12. The van der Waals surface area contributed by atoms with Crippen LogP contribution in [0.3, 0.4) is 0 Å². The van der Waals surface area contributed by atoms with E-state index in [0.717, 1.165) is 0 Å². The number of hydrogen-bond acceptors (Lipinski definition) is 5. The minimum absolute atomic E-state index is 0.207. The second kappa shape index (κ2) is 6.93. The highest BCUT2D eigenvalue weighted by Crippen LogP contribution is 2.51. The van der Waals surface area contributed by atoms with E-state index in [1.165, 1.54) is 0 Å². The monoisotopic (exact) mass is 351 g/mol. The number of nitrogens with zero attached hydrogens (tertiary/aromatic N) is 1. The number of rotatable bonds is 6. The van der Waals surface area contributed by atoms with Crippen molar-refractivity contribution in [2.45, 2.75) is 6.18 Å². The summed E-state index contributed by atoms with van der Waals surface area (Å²) in [5, 5.41) is -1.30. The van der Waals surface area contributed by atoms with E-state index in [1.54, 1.807) is 0 Å². The van der Waals surface area contributed by atoms with Crippen LogP contribution in [0.4, 0.5) is 13.2 Å². The van der Waals surface area contributed by atoms with Gasteiger partial charge in [-0.2, -0.15) is 21.3 Å². The molecule has 0 saturated heterocycles. The van der Waals surface area contributed by atoms with Crippen molar-refractivity contribution < 1.29 is 35.5 Å². The summed E-state index contributed by atoms with van der Waals surface area (Å²) >= 11 is 14.2. The Labute approximate surface area is 114 Å². The van der Waals surface area contributed by atoms with Crippen molar-refractivity contribution in [2.75, 3.05) is 12.8 Å². The molecule has 13 heteroatoms. The third-order valence-corrected chi connectivity index (χ3v) is 3.89. The van der Waals surface area contributed by atoms with Crippen LogP contribution in [0, 0.1) is 0 Å². The summed E-state index contributed by atoms with van der Waals surface area (Å²) < 4.78 is 55.2. The second-order valence-electron chi connectivity index (χ2n) is 2.75. The highest BCUT2D eigenvalue weighted by molar-refractivity contribution is 7.55. The Morgan fingerprint density at radius 1 is 1.22 bits per heavy atom. The fourth-order valence-electron chi connectivity index (χ4n) is 0.779. The normalized spacial score (nSPS) is 12.3. The van der Waals surface area contributed by atoms with Gasteiger partial charge in [0.25, 0.3) is 0 Å². The van der Waals surface area contributed by atoms with Gasteiger partial charge in [-0.25, -0.2) is 0 Å². The van der Waals surface area contributed by atoms with Crippen LogP contribution in [0.5, 0.6) is 0 Å². The van der Waals surface area contributed by atoms with Crippen molar-refractivity contribution in [3.8, 4) is 0 Å². The summed E-state index contributed by atoms with van der Waals surface area (Å²) in [6, 6.07) is 0. The van der Waals surface area contributed by atoms with E-state index < -0.39 is 37.8 Å². The molecule has 0 unspecified atom stereocenters. The molecule has 0 aromatic heterocycles. The molecule has 18 heavy (non-hydrogen) atoms. The fraction of sp³-hybridized carbons (Fsp3) is 0.600. The molecule has 0 fully saturated rings. The third-order valence-electron chi connectivity index (χ3n) is 1.40. The minimum atomic E-state index is -5.31. The highest BCUT2D eigenvalue weighted by atomic mass is 35.5. The van der Waals surface area contributed by atoms with Gasteiger partial charge in [0.05, 0.1) is 30.3 Å². The van der Waals surface area contributed by atoms with E-state index in [9.17, 15) is 27.3 Å². The number of amides is 1. The number of halogens is 6. The van der Waals surface area contributed by atoms with Crippen LogP contribution in [0.25, 0.3) is 0 Å². The summed E-state index contributed by atoms with van der Waals surface area (Å²) in [6.45, 7) is -1.18. The third kappa shape index (κ3) is 5.73. The molecule has 6 nitrogen and oxygen atoms in total. The fourth-order valence-corrected chi connectivity index (χ4v) is 2.20. The number of carbonyl (C=O) groups excluding carboxylic acids is 2. The van der Waals surface area contributed by atoms with E-state index in [4.69, 9.17) is 35.3 Å². The molecule has 0 atom stereocenters. The molecule has 0 aliphatic rings. The molecule has 0 spiro atoms. The standard InChI is InChI=1S/C5H4Cl3F3NO5P/c6-3(13)1-12(4(14)5(9,10)11)2-18(15,16-7)17-8/h1-2H2. The van der Waals surface area contributed by atoms with Crippen LogP contribution >= 0.6 is 42.9 Å². The van der Waals surface area contributed by atoms with Crippen molar-refractivity contribution in [1.82, 2.24) is 4.90 Å². The maximum atomic E-state index is 12.1. The molecule has 0 aliphatic carbocycles. The first-order valence-corrected chi connectivity index (χ1v) is 6.52. The minimum Gasteiger partial charge on any atom is -0.314 e. The lowest BCUT2D eigenvalue weighted by Gasteiger charge is -2.23. The SMILES string of the molecule is O=C(Cl)CN(CP(=O)(OCl)OCl)C(=O)C(F)(F)F. The molecule has 0 aromatic rings. The van der Waals surface area contributed by atoms with E-state index >= 15 is 0 Å². The van der Waals surface area contributed by atoms with Gasteiger partial charge in [0.1, 0.15) is 6.29 Å². The molecule has 106 valence electrons. The van der Waals surface area contributed by atoms with Gasteiger partial charge in [0, 0.05) is 0 Å². The van der Waals surface area contributed by atoms with Gasteiger partial charge in [-0.05, 0) is 11.6 Å². The number of carbonyl (C=O) groups is 2. The maximum Gasteiger partial charge on any atom is 0.471 e. The Bertz CT molecular complexity index is 370. The maximum absolute atomic E-state index is 12.1.